The first-order chi connectivity index (χ1) is 6.06. The molecule has 0 spiro atoms. The lowest BCUT2D eigenvalue weighted by Gasteiger charge is -2.02. The lowest BCUT2D eigenvalue weighted by atomic mass is 10.2. The van der Waals surface area contributed by atoms with E-state index in [9.17, 15) is 10.1 Å². The topological polar surface area (TPSA) is 43.1 Å². The first-order valence-corrected chi connectivity index (χ1v) is 5.82. The fourth-order valence-electron chi connectivity index (χ4n) is 0.885. The predicted octanol–water partition coefficient (Wildman–Crippen LogP) is 3.75. The number of rotatable bonds is 2. The predicted molar refractivity (Wildman–Crippen MR) is 63.5 cm³/mol. The van der Waals surface area contributed by atoms with E-state index in [0.29, 0.717) is 15.9 Å². The summed E-state index contributed by atoms with van der Waals surface area (Å²) in [6, 6.07) is 3.20. The summed E-state index contributed by atoms with van der Waals surface area (Å²) in [7, 11) is 0. The number of hydrogen-bond donors (Lipinski definition) is 0. The molecule has 0 bridgehead atoms. The molecule has 0 unspecified atom stereocenters. The molecule has 0 aliphatic carbocycles. The van der Waals surface area contributed by atoms with Gasteiger partial charge < -0.3 is 0 Å². The van der Waals surface area contributed by atoms with E-state index in [1.54, 1.807) is 6.07 Å². The SMILES string of the molecule is O=[N+]([O-])c1cc(I)cc(Cl)c1CBr. The van der Waals surface area contributed by atoms with Crippen molar-refractivity contribution in [2.75, 3.05) is 0 Å². The second-order valence-corrected chi connectivity index (χ2v) is 4.49. The first-order valence-electron chi connectivity index (χ1n) is 3.24. The van der Waals surface area contributed by atoms with Crippen LogP contribution in [0.25, 0.3) is 0 Å². The van der Waals surface area contributed by atoms with Crippen molar-refractivity contribution in [1.82, 2.24) is 0 Å². The van der Waals surface area contributed by atoms with Crippen LogP contribution in [0.15, 0.2) is 12.1 Å². The van der Waals surface area contributed by atoms with Gasteiger partial charge >= 0.3 is 0 Å². The molecule has 6 heteroatoms. The molecular weight excluding hydrogens is 372 g/mol. The molecule has 0 radical (unpaired) electrons. The number of nitro benzene ring substituents is 1. The lowest BCUT2D eigenvalue weighted by molar-refractivity contribution is -0.385. The van der Waals surface area contributed by atoms with Crippen LogP contribution in [0.2, 0.25) is 5.02 Å². The average molecular weight is 376 g/mol. The van der Waals surface area contributed by atoms with Crippen LogP contribution in [0.4, 0.5) is 5.69 Å². The van der Waals surface area contributed by atoms with Crippen LogP contribution in [0.5, 0.6) is 0 Å². The third-order valence-corrected chi connectivity index (χ3v) is 2.99. The number of benzene rings is 1. The van der Waals surface area contributed by atoms with Gasteiger partial charge in [0.1, 0.15) is 0 Å². The van der Waals surface area contributed by atoms with Gasteiger partial charge in [-0.15, -0.1) is 0 Å². The van der Waals surface area contributed by atoms with Crippen LogP contribution >= 0.6 is 50.1 Å². The molecule has 0 aliphatic rings. The Balaban J connectivity index is 3.38. The van der Waals surface area contributed by atoms with Crippen molar-refractivity contribution < 1.29 is 4.92 Å². The van der Waals surface area contributed by atoms with Gasteiger partial charge in [-0.2, -0.15) is 0 Å². The van der Waals surface area contributed by atoms with E-state index in [1.807, 2.05) is 22.6 Å². The summed E-state index contributed by atoms with van der Waals surface area (Å²) in [6.45, 7) is 0. The summed E-state index contributed by atoms with van der Waals surface area (Å²) in [5, 5.41) is 11.4. The summed E-state index contributed by atoms with van der Waals surface area (Å²) in [4.78, 5) is 10.2. The van der Waals surface area contributed by atoms with Crippen molar-refractivity contribution in [1.29, 1.82) is 0 Å². The Morgan fingerprint density at radius 3 is 2.69 bits per heavy atom. The molecule has 0 heterocycles. The van der Waals surface area contributed by atoms with E-state index in [2.05, 4.69) is 15.9 Å². The van der Waals surface area contributed by atoms with Crippen molar-refractivity contribution in [2.45, 2.75) is 5.33 Å². The van der Waals surface area contributed by atoms with Crippen LogP contribution in [0.1, 0.15) is 5.56 Å². The van der Waals surface area contributed by atoms with Crippen molar-refractivity contribution >= 4 is 55.8 Å². The fraction of sp³-hybridized carbons (Fsp3) is 0.143. The maximum Gasteiger partial charge on any atom is 0.275 e. The van der Waals surface area contributed by atoms with Crippen molar-refractivity contribution in [3.63, 3.8) is 0 Å². The van der Waals surface area contributed by atoms with E-state index in [-0.39, 0.29) is 5.69 Å². The summed E-state index contributed by atoms with van der Waals surface area (Å²) in [5.41, 5.74) is 0.584. The molecular formula is C7H4BrClINO2. The number of nitro groups is 1. The Bertz CT molecular complexity index is 359. The minimum absolute atomic E-state index is 0.0637. The maximum absolute atomic E-state index is 10.6. The standard InChI is InChI=1S/C7H4BrClINO2/c8-3-5-6(9)1-4(10)2-7(5)11(12)13/h1-2H,3H2. The van der Waals surface area contributed by atoms with Gasteiger partial charge in [0.2, 0.25) is 0 Å². The molecule has 0 N–H and O–H groups in total. The van der Waals surface area contributed by atoms with E-state index >= 15 is 0 Å². The minimum Gasteiger partial charge on any atom is -0.258 e. The molecule has 0 fully saturated rings. The zero-order valence-electron chi connectivity index (χ0n) is 6.26. The summed E-state index contributed by atoms with van der Waals surface area (Å²) in [5.74, 6) is 0. The van der Waals surface area contributed by atoms with E-state index in [0.717, 1.165) is 3.57 Å². The van der Waals surface area contributed by atoms with Gasteiger partial charge in [0.15, 0.2) is 0 Å². The zero-order chi connectivity index (χ0) is 10.0. The van der Waals surface area contributed by atoms with Crippen molar-refractivity contribution in [2.24, 2.45) is 0 Å². The van der Waals surface area contributed by atoms with Crippen LogP contribution in [0, 0.1) is 13.7 Å². The Hall–Kier alpha value is 0.120. The van der Waals surface area contributed by atoms with Crippen LogP contribution in [0.3, 0.4) is 0 Å². The van der Waals surface area contributed by atoms with E-state index < -0.39 is 4.92 Å². The molecule has 1 rings (SSSR count). The molecule has 1 aromatic carbocycles. The average Bonchev–Trinajstić information content (AvgIpc) is 2.02. The second-order valence-electron chi connectivity index (χ2n) is 2.28. The maximum atomic E-state index is 10.6. The highest BCUT2D eigenvalue weighted by molar-refractivity contribution is 14.1. The zero-order valence-corrected chi connectivity index (χ0v) is 10.8. The monoisotopic (exact) mass is 375 g/mol. The van der Waals surface area contributed by atoms with Crippen LogP contribution in [-0.2, 0) is 5.33 Å². The molecule has 0 aliphatic heterocycles. The molecule has 0 aromatic heterocycles. The lowest BCUT2D eigenvalue weighted by Crippen LogP contribution is -1.95. The van der Waals surface area contributed by atoms with Gasteiger partial charge in [-0.3, -0.25) is 10.1 Å². The summed E-state index contributed by atoms with van der Waals surface area (Å²) >= 11 is 11.0. The summed E-state index contributed by atoms with van der Waals surface area (Å²) in [6.07, 6.45) is 0. The van der Waals surface area contributed by atoms with Gasteiger partial charge in [0.05, 0.1) is 15.5 Å². The van der Waals surface area contributed by atoms with Crippen molar-refractivity contribution in [3.8, 4) is 0 Å². The van der Waals surface area contributed by atoms with Crippen molar-refractivity contribution in [3.05, 3.63) is 36.4 Å². The highest BCUT2D eigenvalue weighted by Gasteiger charge is 2.16. The molecule has 0 saturated heterocycles. The number of alkyl halides is 1. The molecule has 70 valence electrons. The quantitative estimate of drug-likeness (QED) is 0.342. The van der Waals surface area contributed by atoms with E-state index in [4.69, 9.17) is 11.6 Å². The van der Waals surface area contributed by atoms with Gasteiger partial charge in [-0.25, -0.2) is 0 Å². The number of hydrogen-bond acceptors (Lipinski definition) is 2. The molecule has 0 atom stereocenters. The molecule has 3 nitrogen and oxygen atoms in total. The molecule has 13 heavy (non-hydrogen) atoms. The number of halogens is 3. The Labute approximate surface area is 102 Å². The van der Waals surface area contributed by atoms with Gasteiger partial charge in [0.25, 0.3) is 5.69 Å². The molecule has 0 amide bonds. The number of nitrogens with zero attached hydrogens (tertiary/aromatic N) is 1. The normalized spacial score (nSPS) is 10.1. The largest absolute Gasteiger partial charge is 0.275 e. The Morgan fingerprint density at radius 1 is 1.62 bits per heavy atom. The van der Waals surface area contributed by atoms with E-state index in [1.165, 1.54) is 6.07 Å². The van der Waals surface area contributed by atoms with Crippen LogP contribution < -0.4 is 0 Å². The fourth-order valence-corrected chi connectivity index (χ4v) is 2.71. The highest BCUT2D eigenvalue weighted by Crippen LogP contribution is 2.30. The Kier molecular flexibility index (Phi) is 3.93. The smallest absolute Gasteiger partial charge is 0.258 e. The second kappa shape index (κ2) is 4.56. The first kappa shape index (κ1) is 11.2. The Morgan fingerprint density at radius 2 is 2.23 bits per heavy atom. The molecule has 0 saturated carbocycles. The third kappa shape index (κ3) is 2.54. The van der Waals surface area contributed by atoms with Gasteiger partial charge in [0, 0.05) is 15.0 Å². The highest BCUT2D eigenvalue weighted by atomic mass is 127. The third-order valence-electron chi connectivity index (χ3n) is 1.47. The molecule has 1 aromatic rings. The minimum atomic E-state index is -0.426. The van der Waals surface area contributed by atoms with Gasteiger partial charge in [-0.1, -0.05) is 27.5 Å². The van der Waals surface area contributed by atoms with Gasteiger partial charge in [-0.05, 0) is 28.7 Å². The summed E-state index contributed by atoms with van der Waals surface area (Å²) < 4.78 is 0.763. The van der Waals surface area contributed by atoms with Crippen LogP contribution in [-0.4, -0.2) is 4.92 Å².